The van der Waals surface area contributed by atoms with E-state index in [0.717, 1.165) is 54.6 Å². The van der Waals surface area contributed by atoms with E-state index in [9.17, 15) is 9.59 Å². The second-order valence-electron chi connectivity index (χ2n) is 10.7. The molecule has 1 atom stereocenters. The first kappa shape index (κ1) is 25.1. The molecule has 0 radical (unpaired) electrons. The van der Waals surface area contributed by atoms with Gasteiger partial charge in [-0.1, -0.05) is 5.16 Å². The average molecular weight is 484 g/mol. The zero-order chi connectivity index (χ0) is 25.3. The SMILES string of the molecule is Cc1noc(C)c1-c1cc(N(C)C(=O)C2CC2)ccc1OC[C@H]1CCCCN1C(=O)OC(C)(C)C. The standard InChI is InChI=1S/C27H37N3O5/c1-17-24(18(2)35-28-17)22-15-20(29(6)25(31)19-10-11-19)12-13-23(22)33-16-21-9-7-8-14-30(21)26(32)34-27(3,4)5/h12-13,15,19,21H,7-11,14,16H2,1-6H3/t21-/m1/s1. The lowest BCUT2D eigenvalue weighted by Gasteiger charge is -2.36. The Bertz CT molecular complexity index is 1060. The second kappa shape index (κ2) is 9.91. The predicted molar refractivity (Wildman–Crippen MR) is 134 cm³/mol. The van der Waals surface area contributed by atoms with E-state index >= 15 is 0 Å². The number of benzene rings is 1. The summed E-state index contributed by atoms with van der Waals surface area (Å²) < 4.78 is 17.4. The number of ether oxygens (including phenoxy) is 2. The summed E-state index contributed by atoms with van der Waals surface area (Å²) in [5.41, 5.74) is 2.71. The molecule has 1 aliphatic heterocycles. The number of anilines is 1. The summed E-state index contributed by atoms with van der Waals surface area (Å²) in [7, 11) is 1.81. The van der Waals surface area contributed by atoms with Crippen LogP contribution in [0.2, 0.25) is 0 Å². The smallest absolute Gasteiger partial charge is 0.410 e. The molecule has 0 unspecified atom stereocenters. The van der Waals surface area contributed by atoms with Crippen LogP contribution in [-0.2, 0) is 9.53 Å². The van der Waals surface area contributed by atoms with Crippen LogP contribution in [0, 0.1) is 19.8 Å². The number of piperidine rings is 1. The Balaban J connectivity index is 1.58. The van der Waals surface area contributed by atoms with Crippen molar-refractivity contribution in [1.82, 2.24) is 10.1 Å². The van der Waals surface area contributed by atoms with E-state index in [2.05, 4.69) is 5.16 Å². The number of aromatic nitrogens is 1. The van der Waals surface area contributed by atoms with Crippen LogP contribution in [-0.4, -0.2) is 53.9 Å². The quantitative estimate of drug-likeness (QED) is 0.539. The molecule has 2 fully saturated rings. The van der Waals surface area contributed by atoms with E-state index in [0.29, 0.717) is 24.7 Å². The molecule has 0 spiro atoms. The first-order chi connectivity index (χ1) is 16.5. The summed E-state index contributed by atoms with van der Waals surface area (Å²) >= 11 is 0. The maximum Gasteiger partial charge on any atom is 0.410 e. The van der Waals surface area contributed by atoms with Gasteiger partial charge in [0.1, 0.15) is 23.7 Å². The monoisotopic (exact) mass is 483 g/mol. The van der Waals surface area contributed by atoms with Crippen LogP contribution in [0.25, 0.3) is 11.1 Å². The van der Waals surface area contributed by atoms with E-state index in [4.69, 9.17) is 14.0 Å². The van der Waals surface area contributed by atoms with Crippen molar-refractivity contribution in [1.29, 1.82) is 0 Å². The van der Waals surface area contributed by atoms with Gasteiger partial charge < -0.3 is 23.8 Å². The van der Waals surface area contributed by atoms with Gasteiger partial charge in [0, 0.05) is 30.8 Å². The van der Waals surface area contributed by atoms with Crippen molar-refractivity contribution in [3.8, 4) is 16.9 Å². The van der Waals surface area contributed by atoms with Gasteiger partial charge in [-0.15, -0.1) is 0 Å². The fraction of sp³-hybridized carbons (Fsp3) is 0.593. The Morgan fingerprint density at radius 2 is 1.91 bits per heavy atom. The zero-order valence-electron chi connectivity index (χ0n) is 21.7. The number of amides is 2. The molecule has 35 heavy (non-hydrogen) atoms. The molecule has 8 nitrogen and oxygen atoms in total. The van der Waals surface area contributed by atoms with E-state index < -0.39 is 5.60 Å². The molecule has 2 amide bonds. The van der Waals surface area contributed by atoms with E-state index in [1.54, 1.807) is 9.80 Å². The molecule has 190 valence electrons. The third-order valence-corrected chi connectivity index (χ3v) is 6.60. The van der Waals surface area contributed by atoms with Crippen molar-refractivity contribution in [2.75, 3.05) is 25.1 Å². The number of hydrogen-bond donors (Lipinski definition) is 0. The van der Waals surface area contributed by atoms with E-state index in [-0.39, 0.29) is 24.0 Å². The van der Waals surface area contributed by atoms with Crippen molar-refractivity contribution < 1.29 is 23.6 Å². The molecule has 1 saturated heterocycles. The summed E-state index contributed by atoms with van der Waals surface area (Å²) in [5.74, 6) is 1.63. The molecule has 0 N–H and O–H groups in total. The first-order valence-electron chi connectivity index (χ1n) is 12.5. The highest BCUT2D eigenvalue weighted by molar-refractivity contribution is 5.97. The van der Waals surface area contributed by atoms with Gasteiger partial charge in [-0.25, -0.2) is 4.79 Å². The molecule has 4 rings (SSSR count). The molecule has 0 bridgehead atoms. The van der Waals surface area contributed by atoms with Crippen LogP contribution in [0.5, 0.6) is 5.75 Å². The third-order valence-electron chi connectivity index (χ3n) is 6.60. The summed E-state index contributed by atoms with van der Waals surface area (Å²) in [4.78, 5) is 29.0. The number of carbonyl (C=O) groups is 2. The number of rotatable bonds is 6. The molecule has 8 heteroatoms. The van der Waals surface area contributed by atoms with E-state index in [1.165, 1.54) is 0 Å². The fourth-order valence-corrected chi connectivity index (χ4v) is 4.57. The fourth-order valence-electron chi connectivity index (χ4n) is 4.57. The minimum atomic E-state index is -0.545. The molecule has 2 aromatic rings. The minimum absolute atomic E-state index is 0.0742. The predicted octanol–water partition coefficient (Wildman–Crippen LogP) is 5.50. The molecule has 1 aromatic heterocycles. The number of aryl methyl sites for hydroxylation is 2. The van der Waals surface area contributed by atoms with Crippen LogP contribution in [0.3, 0.4) is 0 Å². The maximum absolute atomic E-state index is 12.8. The van der Waals surface area contributed by atoms with Crippen molar-refractivity contribution in [3.63, 3.8) is 0 Å². The Morgan fingerprint density at radius 3 is 2.54 bits per heavy atom. The molecular weight excluding hydrogens is 446 g/mol. The Morgan fingerprint density at radius 1 is 1.17 bits per heavy atom. The lowest BCUT2D eigenvalue weighted by molar-refractivity contribution is -0.119. The second-order valence-corrected chi connectivity index (χ2v) is 10.7. The number of hydrogen-bond acceptors (Lipinski definition) is 6. The van der Waals surface area contributed by atoms with Crippen LogP contribution >= 0.6 is 0 Å². The summed E-state index contributed by atoms with van der Waals surface area (Å²) in [6.45, 7) is 10.4. The Labute approximate surface area is 207 Å². The molecule has 1 aliphatic carbocycles. The lowest BCUT2D eigenvalue weighted by atomic mass is 10.0. The molecular formula is C27H37N3O5. The summed E-state index contributed by atoms with van der Waals surface area (Å²) in [5, 5.41) is 4.12. The Hall–Kier alpha value is -3.03. The molecule has 2 aliphatic rings. The largest absolute Gasteiger partial charge is 0.491 e. The van der Waals surface area contributed by atoms with Gasteiger partial charge >= 0.3 is 6.09 Å². The summed E-state index contributed by atoms with van der Waals surface area (Å²) in [6, 6.07) is 5.70. The minimum Gasteiger partial charge on any atom is -0.491 e. The molecule has 1 aromatic carbocycles. The van der Waals surface area contributed by atoms with Crippen molar-refractivity contribution in [2.45, 2.75) is 78.4 Å². The van der Waals surface area contributed by atoms with Gasteiger partial charge in [0.15, 0.2) is 0 Å². The van der Waals surface area contributed by atoms with Gasteiger partial charge in [0.05, 0.1) is 17.3 Å². The van der Waals surface area contributed by atoms with Crippen LogP contribution in [0.4, 0.5) is 10.5 Å². The normalized spacial score (nSPS) is 18.3. The number of likely N-dealkylation sites (tertiary alicyclic amines) is 1. The maximum atomic E-state index is 12.8. The van der Waals surface area contributed by atoms with Crippen LogP contribution < -0.4 is 9.64 Å². The Kier molecular flexibility index (Phi) is 7.10. The third kappa shape index (κ3) is 5.80. The van der Waals surface area contributed by atoms with Gasteiger partial charge in [-0.2, -0.15) is 0 Å². The highest BCUT2D eigenvalue weighted by Crippen LogP contribution is 2.39. The zero-order valence-corrected chi connectivity index (χ0v) is 21.7. The van der Waals surface area contributed by atoms with Crippen LogP contribution in [0.15, 0.2) is 22.7 Å². The molecule has 1 saturated carbocycles. The molecule has 2 heterocycles. The topological polar surface area (TPSA) is 85.1 Å². The van der Waals surface area contributed by atoms with E-state index in [1.807, 2.05) is 59.9 Å². The highest BCUT2D eigenvalue weighted by atomic mass is 16.6. The number of nitrogens with zero attached hydrogens (tertiary/aromatic N) is 3. The van der Waals surface area contributed by atoms with Gasteiger partial charge in [-0.3, -0.25) is 4.79 Å². The van der Waals surface area contributed by atoms with Crippen molar-refractivity contribution in [2.24, 2.45) is 5.92 Å². The summed E-state index contributed by atoms with van der Waals surface area (Å²) in [6.07, 6.45) is 4.46. The van der Waals surface area contributed by atoms with Crippen molar-refractivity contribution >= 4 is 17.7 Å². The lowest BCUT2D eigenvalue weighted by Crippen LogP contribution is -2.48. The van der Waals surface area contributed by atoms with Gasteiger partial charge in [0.25, 0.3) is 0 Å². The van der Waals surface area contributed by atoms with Gasteiger partial charge in [0.2, 0.25) is 5.91 Å². The van der Waals surface area contributed by atoms with Crippen LogP contribution in [0.1, 0.15) is 64.3 Å². The number of carbonyl (C=O) groups excluding carboxylic acids is 2. The average Bonchev–Trinajstić information content (AvgIpc) is 3.60. The highest BCUT2D eigenvalue weighted by Gasteiger charge is 2.33. The van der Waals surface area contributed by atoms with Crippen molar-refractivity contribution in [3.05, 3.63) is 29.7 Å². The van der Waals surface area contributed by atoms with Gasteiger partial charge in [-0.05, 0) is 84.9 Å². The first-order valence-corrected chi connectivity index (χ1v) is 12.5.